The topological polar surface area (TPSA) is 48.8 Å². The molecule has 1 N–H and O–H groups in total. The van der Waals surface area contributed by atoms with E-state index in [4.69, 9.17) is 4.74 Å². The fraction of sp³-hybridized carbons (Fsp3) is 0.643. The van der Waals surface area contributed by atoms with Gasteiger partial charge in [-0.3, -0.25) is 4.90 Å². The summed E-state index contributed by atoms with van der Waals surface area (Å²) in [7, 11) is 0. The smallest absolute Gasteiger partial charge is 0.133 e. The summed E-state index contributed by atoms with van der Waals surface area (Å²) >= 11 is 0. The number of ether oxygens (including phenoxy) is 1. The molecule has 5 heteroatoms. The van der Waals surface area contributed by atoms with Gasteiger partial charge < -0.3 is 14.7 Å². The zero-order valence-electron chi connectivity index (χ0n) is 11.2. The first-order chi connectivity index (χ1) is 9.33. The van der Waals surface area contributed by atoms with Crippen LogP contribution in [0.25, 0.3) is 0 Å². The minimum absolute atomic E-state index is 0.163. The highest BCUT2D eigenvalue weighted by Gasteiger charge is 2.22. The van der Waals surface area contributed by atoms with Crippen molar-refractivity contribution in [2.45, 2.75) is 19.1 Å². The van der Waals surface area contributed by atoms with E-state index >= 15 is 0 Å². The summed E-state index contributed by atoms with van der Waals surface area (Å²) in [5.41, 5.74) is 1.25. The Balaban J connectivity index is 1.73. The summed E-state index contributed by atoms with van der Waals surface area (Å²) in [6, 6.07) is 4.13. The minimum atomic E-state index is -0.163. The molecule has 3 rings (SSSR count). The number of pyridine rings is 1. The van der Waals surface area contributed by atoms with E-state index in [9.17, 15) is 5.11 Å². The van der Waals surface area contributed by atoms with Gasteiger partial charge in [0.25, 0.3) is 0 Å². The van der Waals surface area contributed by atoms with Crippen LogP contribution in [-0.2, 0) is 11.3 Å². The monoisotopic (exact) mass is 263 g/mol. The summed E-state index contributed by atoms with van der Waals surface area (Å²) in [5, 5.41) is 9.61. The van der Waals surface area contributed by atoms with Crippen molar-refractivity contribution < 1.29 is 9.84 Å². The lowest BCUT2D eigenvalue weighted by Crippen LogP contribution is -2.37. The third-order valence-corrected chi connectivity index (χ3v) is 3.82. The molecule has 0 radical (unpaired) electrons. The normalized spacial score (nSPS) is 24.9. The quantitative estimate of drug-likeness (QED) is 0.860. The predicted octanol–water partition coefficient (Wildman–Crippen LogP) is 0.485. The number of rotatable bonds is 3. The second kappa shape index (κ2) is 5.86. The Labute approximate surface area is 113 Å². The van der Waals surface area contributed by atoms with Crippen LogP contribution in [0.3, 0.4) is 0 Å². The van der Waals surface area contributed by atoms with Gasteiger partial charge in [-0.15, -0.1) is 0 Å². The number of hydrogen-bond acceptors (Lipinski definition) is 5. The van der Waals surface area contributed by atoms with Crippen LogP contribution in [0.5, 0.6) is 0 Å². The molecule has 1 unspecified atom stereocenters. The van der Waals surface area contributed by atoms with Crippen molar-refractivity contribution in [1.29, 1.82) is 0 Å². The Morgan fingerprint density at radius 3 is 2.89 bits per heavy atom. The predicted molar refractivity (Wildman–Crippen MR) is 73.2 cm³/mol. The van der Waals surface area contributed by atoms with Gasteiger partial charge in [0.1, 0.15) is 5.82 Å². The van der Waals surface area contributed by atoms with Crippen LogP contribution in [0.1, 0.15) is 12.0 Å². The van der Waals surface area contributed by atoms with Crippen LogP contribution in [0.4, 0.5) is 5.82 Å². The molecule has 2 saturated heterocycles. The zero-order valence-corrected chi connectivity index (χ0v) is 11.2. The van der Waals surface area contributed by atoms with Crippen molar-refractivity contribution in [1.82, 2.24) is 9.88 Å². The second-order valence-electron chi connectivity index (χ2n) is 5.26. The van der Waals surface area contributed by atoms with Crippen molar-refractivity contribution >= 4 is 5.82 Å². The first kappa shape index (κ1) is 12.8. The molecule has 2 aliphatic heterocycles. The molecule has 5 nitrogen and oxygen atoms in total. The molecule has 3 heterocycles. The SMILES string of the molecule is OC1CCN(Cc2cccnc2N2CCOCC2)C1. The van der Waals surface area contributed by atoms with Gasteiger partial charge in [-0.2, -0.15) is 0 Å². The lowest BCUT2D eigenvalue weighted by atomic mass is 10.2. The fourth-order valence-corrected chi connectivity index (χ4v) is 2.81. The van der Waals surface area contributed by atoms with Crippen molar-refractivity contribution in [2.24, 2.45) is 0 Å². The highest BCUT2D eigenvalue weighted by Crippen LogP contribution is 2.22. The number of β-amino-alcohol motifs (C(OH)–C–C–N with tert-alkyl or cyclic N) is 1. The Morgan fingerprint density at radius 2 is 2.16 bits per heavy atom. The van der Waals surface area contributed by atoms with Crippen LogP contribution >= 0.6 is 0 Å². The van der Waals surface area contributed by atoms with E-state index in [-0.39, 0.29) is 6.10 Å². The number of anilines is 1. The van der Waals surface area contributed by atoms with Crippen molar-refractivity contribution in [3.05, 3.63) is 23.9 Å². The summed E-state index contributed by atoms with van der Waals surface area (Å²) in [6.07, 6.45) is 2.57. The number of aromatic nitrogens is 1. The highest BCUT2D eigenvalue weighted by atomic mass is 16.5. The third-order valence-electron chi connectivity index (χ3n) is 3.82. The zero-order chi connectivity index (χ0) is 13.1. The molecular weight excluding hydrogens is 242 g/mol. The number of hydrogen-bond donors (Lipinski definition) is 1. The molecule has 19 heavy (non-hydrogen) atoms. The number of nitrogens with zero attached hydrogens (tertiary/aromatic N) is 3. The standard InChI is InChI=1S/C14H21N3O2/c18-13-3-5-16(11-13)10-12-2-1-4-15-14(12)17-6-8-19-9-7-17/h1-2,4,13,18H,3,5-11H2. The van der Waals surface area contributed by atoms with E-state index in [1.54, 1.807) is 0 Å². The van der Waals surface area contributed by atoms with Crippen LogP contribution in [0.2, 0.25) is 0 Å². The Kier molecular flexibility index (Phi) is 3.96. The highest BCUT2D eigenvalue weighted by molar-refractivity contribution is 5.47. The molecule has 1 aromatic heterocycles. The number of morpholine rings is 1. The minimum Gasteiger partial charge on any atom is -0.392 e. The first-order valence-electron chi connectivity index (χ1n) is 7.00. The molecule has 1 atom stereocenters. The molecule has 0 aliphatic carbocycles. The average molecular weight is 263 g/mol. The average Bonchev–Trinajstić information content (AvgIpc) is 2.86. The fourth-order valence-electron chi connectivity index (χ4n) is 2.81. The van der Waals surface area contributed by atoms with Crippen LogP contribution in [-0.4, -0.2) is 60.5 Å². The number of aliphatic hydroxyl groups is 1. The molecular formula is C14H21N3O2. The van der Waals surface area contributed by atoms with Crippen LogP contribution in [0.15, 0.2) is 18.3 Å². The molecule has 104 valence electrons. The Bertz CT molecular complexity index is 421. The summed E-state index contributed by atoms with van der Waals surface area (Å²) in [6.45, 7) is 5.99. The molecule has 0 bridgehead atoms. The molecule has 0 spiro atoms. The van der Waals surface area contributed by atoms with Crippen molar-refractivity contribution in [3.8, 4) is 0 Å². The van der Waals surface area contributed by atoms with Crippen LogP contribution < -0.4 is 4.90 Å². The van der Waals surface area contributed by atoms with Gasteiger partial charge >= 0.3 is 0 Å². The van der Waals surface area contributed by atoms with Gasteiger partial charge in [0.05, 0.1) is 19.3 Å². The van der Waals surface area contributed by atoms with E-state index in [1.807, 2.05) is 12.3 Å². The van der Waals surface area contributed by atoms with Gasteiger partial charge in [-0.25, -0.2) is 4.98 Å². The first-order valence-corrected chi connectivity index (χ1v) is 7.00. The molecule has 0 saturated carbocycles. The van der Waals surface area contributed by atoms with Gasteiger partial charge in [0.15, 0.2) is 0 Å². The Hall–Kier alpha value is -1.17. The van der Waals surface area contributed by atoms with Crippen molar-refractivity contribution in [2.75, 3.05) is 44.3 Å². The Morgan fingerprint density at radius 1 is 1.32 bits per heavy atom. The summed E-state index contributed by atoms with van der Waals surface area (Å²) in [5.74, 6) is 1.08. The van der Waals surface area contributed by atoms with Gasteiger partial charge in [-0.1, -0.05) is 6.07 Å². The molecule has 0 amide bonds. The maximum Gasteiger partial charge on any atom is 0.133 e. The lowest BCUT2D eigenvalue weighted by Gasteiger charge is -2.30. The molecule has 2 fully saturated rings. The lowest BCUT2D eigenvalue weighted by molar-refractivity contribution is 0.122. The van der Waals surface area contributed by atoms with Crippen LogP contribution in [0, 0.1) is 0 Å². The summed E-state index contributed by atoms with van der Waals surface area (Å²) in [4.78, 5) is 9.14. The van der Waals surface area contributed by atoms with Gasteiger partial charge in [0.2, 0.25) is 0 Å². The van der Waals surface area contributed by atoms with E-state index in [0.29, 0.717) is 0 Å². The number of likely N-dealkylation sites (tertiary alicyclic amines) is 1. The van der Waals surface area contributed by atoms with Gasteiger partial charge in [-0.05, 0) is 12.5 Å². The number of aliphatic hydroxyl groups excluding tert-OH is 1. The third kappa shape index (κ3) is 3.05. The van der Waals surface area contributed by atoms with E-state index in [0.717, 1.165) is 58.2 Å². The van der Waals surface area contributed by atoms with E-state index in [1.165, 1.54) is 5.56 Å². The maximum atomic E-state index is 9.61. The summed E-state index contributed by atoms with van der Waals surface area (Å²) < 4.78 is 5.40. The van der Waals surface area contributed by atoms with E-state index in [2.05, 4.69) is 20.9 Å². The van der Waals surface area contributed by atoms with Crippen molar-refractivity contribution in [3.63, 3.8) is 0 Å². The molecule has 1 aromatic rings. The second-order valence-corrected chi connectivity index (χ2v) is 5.26. The molecule has 2 aliphatic rings. The van der Waals surface area contributed by atoms with E-state index < -0.39 is 0 Å². The largest absolute Gasteiger partial charge is 0.392 e. The molecule has 0 aromatic carbocycles. The maximum absolute atomic E-state index is 9.61. The van der Waals surface area contributed by atoms with Gasteiger partial charge in [0, 0.05) is 44.5 Å².